The van der Waals surface area contributed by atoms with Crippen LogP contribution in [0.3, 0.4) is 0 Å². The Bertz CT molecular complexity index is 669. The fraction of sp³-hybridized carbons (Fsp3) is 0.562. The van der Waals surface area contributed by atoms with Gasteiger partial charge in [0, 0.05) is 24.2 Å². The average Bonchev–Trinajstić information content (AvgIpc) is 3.17. The number of nitrogens with one attached hydrogen (secondary N) is 2. The van der Waals surface area contributed by atoms with E-state index in [0.717, 1.165) is 12.8 Å². The van der Waals surface area contributed by atoms with Crippen molar-refractivity contribution in [1.82, 2.24) is 10.3 Å². The van der Waals surface area contributed by atoms with Gasteiger partial charge in [0.25, 0.3) is 11.5 Å². The second-order valence-electron chi connectivity index (χ2n) is 7.00. The number of hydrogen-bond acceptors (Lipinski definition) is 3. The van der Waals surface area contributed by atoms with E-state index in [1.54, 1.807) is 0 Å². The van der Waals surface area contributed by atoms with Crippen LogP contribution < -0.4 is 10.9 Å². The quantitative estimate of drug-likeness (QED) is 0.888. The van der Waals surface area contributed by atoms with Gasteiger partial charge >= 0.3 is 0 Å². The first-order chi connectivity index (χ1) is 9.85. The minimum atomic E-state index is -0.410. The van der Waals surface area contributed by atoms with Crippen molar-refractivity contribution >= 4 is 11.7 Å². The lowest BCUT2D eigenvalue weighted by molar-refractivity contribution is 0.0910. The number of rotatable bonds is 3. The molecule has 5 nitrogen and oxygen atoms in total. The average molecular weight is 288 g/mol. The van der Waals surface area contributed by atoms with E-state index >= 15 is 0 Å². The lowest BCUT2D eigenvalue weighted by Crippen LogP contribution is -2.35. The number of carbonyl (C=O) groups is 2. The Morgan fingerprint density at radius 1 is 1.33 bits per heavy atom. The van der Waals surface area contributed by atoms with Gasteiger partial charge in [-0.2, -0.15) is 0 Å². The second kappa shape index (κ2) is 4.83. The van der Waals surface area contributed by atoms with Crippen LogP contribution in [0.5, 0.6) is 0 Å². The third kappa shape index (κ3) is 2.91. The Morgan fingerprint density at radius 2 is 2.05 bits per heavy atom. The first kappa shape index (κ1) is 14.0. The number of carbonyl (C=O) groups excluding carboxylic acids is 2. The van der Waals surface area contributed by atoms with E-state index < -0.39 is 5.56 Å². The van der Waals surface area contributed by atoms with Gasteiger partial charge in [0.05, 0.1) is 0 Å². The molecule has 0 radical (unpaired) electrons. The van der Waals surface area contributed by atoms with Gasteiger partial charge in [-0.15, -0.1) is 0 Å². The minimum absolute atomic E-state index is 0.00579. The van der Waals surface area contributed by atoms with Crippen LogP contribution in [0.1, 0.15) is 59.5 Å². The van der Waals surface area contributed by atoms with E-state index in [-0.39, 0.29) is 22.7 Å². The molecular formula is C16H20N2O3. The van der Waals surface area contributed by atoms with Gasteiger partial charge in [0.2, 0.25) is 0 Å². The lowest BCUT2D eigenvalue weighted by Gasteiger charge is -2.29. The first-order valence-corrected chi connectivity index (χ1v) is 7.43. The highest BCUT2D eigenvalue weighted by Gasteiger charge is 2.32. The van der Waals surface area contributed by atoms with Gasteiger partial charge in [-0.25, -0.2) is 0 Å². The van der Waals surface area contributed by atoms with Crippen LogP contribution in [0.4, 0.5) is 0 Å². The zero-order chi connectivity index (χ0) is 15.2. The van der Waals surface area contributed by atoms with Crippen LogP contribution in [0.15, 0.2) is 10.9 Å². The van der Waals surface area contributed by atoms with Gasteiger partial charge < -0.3 is 10.3 Å². The van der Waals surface area contributed by atoms with Gasteiger partial charge in [-0.3, -0.25) is 14.4 Å². The zero-order valence-corrected chi connectivity index (χ0v) is 12.4. The molecule has 0 aliphatic heterocycles. The van der Waals surface area contributed by atoms with Crippen molar-refractivity contribution in [3.8, 4) is 0 Å². The highest BCUT2D eigenvalue weighted by atomic mass is 16.2. The topological polar surface area (TPSA) is 79.0 Å². The molecule has 2 aliphatic rings. The largest absolute Gasteiger partial charge is 0.352 e. The smallest absolute Gasteiger partial charge is 0.261 e. The monoisotopic (exact) mass is 288 g/mol. The summed E-state index contributed by atoms with van der Waals surface area (Å²) in [4.78, 5) is 39.1. The molecule has 1 heterocycles. The summed E-state index contributed by atoms with van der Waals surface area (Å²) in [5.41, 5.74) is 0.628. The van der Waals surface area contributed by atoms with Crippen molar-refractivity contribution in [2.75, 3.05) is 6.54 Å². The highest BCUT2D eigenvalue weighted by molar-refractivity contribution is 6.02. The fourth-order valence-electron chi connectivity index (χ4n) is 2.85. The maximum absolute atomic E-state index is 12.2. The van der Waals surface area contributed by atoms with E-state index in [2.05, 4.69) is 10.3 Å². The standard InChI is InChI=1S/C16H20N2O3/c1-16(2)6-12-10(13(19)7-16)5-11(15(21)18-12)14(20)17-8-9-3-4-9/h5,9H,3-4,6-8H2,1-2H3,(H,17,20)(H,18,21). The van der Waals surface area contributed by atoms with E-state index in [0.29, 0.717) is 36.6 Å². The Hall–Kier alpha value is -1.91. The molecule has 0 saturated heterocycles. The molecule has 0 atom stereocenters. The molecule has 21 heavy (non-hydrogen) atoms. The van der Waals surface area contributed by atoms with Crippen molar-refractivity contribution in [3.63, 3.8) is 0 Å². The number of aromatic amines is 1. The second-order valence-corrected chi connectivity index (χ2v) is 7.00. The Kier molecular flexibility index (Phi) is 3.23. The van der Waals surface area contributed by atoms with Crippen LogP contribution in [-0.4, -0.2) is 23.2 Å². The molecule has 1 fully saturated rings. The molecule has 112 valence electrons. The number of ketones is 1. The highest BCUT2D eigenvalue weighted by Crippen LogP contribution is 2.33. The molecule has 3 rings (SSSR count). The van der Waals surface area contributed by atoms with Gasteiger partial charge in [0.15, 0.2) is 5.78 Å². The van der Waals surface area contributed by atoms with E-state index in [1.807, 2.05) is 13.8 Å². The Balaban J connectivity index is 1.90. The van der Waals surface area contributed by atoms with Crippen molar-refractivity contribution in [1.29, 1.82) is 0 Å². The first-order valence-electron chi connectivity index (χ1n) is 7.43. The Labute approximate surface area is 123 Å². The molecule has 2 aliphatic carbocycles. The third-order valence-electron chi connectivity index (χ3n) is 4.21. The van der Waals surface area contributed by atoms with Gasteiger partial charge in [0.1, 0.15) is 5.56 Å². The summed E-state index contributed by atoms with van der Waals surface area (Å²) in [6.45, 7) is 4.61. The minimum Gasteiger partial charge on any atom is -0.352 e. The van der Waals surface area contributed by atoms with Gasteiger partial charge in [-0.1, -0.05) is 13.8 Å². The van der Waals surface area contributed by atoms with E-state index in [9.17, 15) is 14.4 Å². The van der Waals surface area contributed by atoms with Crippen LogP contribution >= 0.6 is 0 Å². The van der Waals surface area contributed by atoms with Crippen molar-refractivity contribution in [2.45, 2.75) is 39.5 Å². The molecule has 0 unspecified atom stereocenters. The number of H-pyrrole nitrogens is 1. The van der Waals surface area contributed by atoms with E-state index in [1.165, 1.54) is 6.07 Å². The summed E-state index contributed by atoms with van der Waals surface area (Å²) in [6, 6.07) is 1.47. The predicted molar refractivity (Wildman–Crippen MR) is 78.6 cm³/mol. The molecule has 1 saturated carbocycles. The van der Waals surface area contributed by atoms with Crippen LogP contribution in [0, 0.1) is 11.3 Å². The number of amides is 1. The summed E-state index contributed by atoms with van der Waals surface area (Å²) >= 11 is 0. The predicted octanol–water partition coefficient (Wildman–Crippen LogP) is 1.67. The zero-order valence-electron chi connectivity index (χ0n) is 12.4. The summed E-state index contributed by atoms with van der Waals surface area (Å²) in [5.74, 6) is 0.158. The summed E-state index contributed by atoms with van der Waals surface area (Å²) in [7, 11) is 0. The fourth-order valence-corrected chi connectivity index (χ4v) is 2.85. The summed E-state index contributed by atoms with van der Waals surface area (Å²) in [6.07, 6.45) is 3.35. The van der Waals surface area contributed by atoms with Crippen LogP contribution in [0.2, 0.25) is 0 Å². The Morgan fingerprint density at radius 3 is 2.71 bits per heavy atom. The van der Waals surface area contributed by atoms with Gasteiger partial charge in [-0.05, 0) is 36.7 Å². The summed E-state index contributed by atoms with van der Waals surface area (Å²) in [5, 5.41) is 2.77. The molecule has 5 heteroatoms. The molecule has 0 aromatic carbocycles. The SMILES string of the molecule is CC1(C)CC(=O)c2cc(C(=O)NCC3CC3)c(=O)[nH]c2C1. The summed E-state index contributed by atoms with van der Waals surface area (Å²) < 4.78 is 0. The van der Waals surface area contributed by atoms with Crippen molar-refractivity contribution in [3.05, 3.63) is 33.2 Å². The molecule has 1 aromatic rings. The van der Waals surface area contributed by atoms with Crippen molar-refractivity contribution in [2.24, 2.45) is 11.3 Å². The number of pyridine rings is 1. The number of aromatic nitrogens is 1. The molecule has 1 aromatic heterocycles. The van der Waals surface area contributed by atoms with Crippen LogP contribution in [0.25, 0.3) is 0 Å². The molecule has 0 bridgehead atoms. The lowest BCUT2D eigenvalue weighted by atomic mass is 9.75. The third-order valence-corrected chi connectivity index (χ3v) is 4.21. The number of fused-ring (bicyclic) bond motifs is 1. The van der Waals surface area contributed by atoms with E-state index in [4.69, 9.17) is 0 Å². The molecule has 0 spiro atoms. The number of Topliss-reactive ketones (excluding diaryl/α,β-unsaturated/α-hetero) is 1. The number of hydrogen-bond donors (Lipinski definition) is 2. The van der Waals surface area contributed by atoms with Crippen molar-refractivity contribution < 1.29 is 9.59 Å². The maximum atomic E-state index is 12.2. The molecular weight excluding hydrogens is 268 g/mol. The van der Waals surface area contributed by atoms with Crippen LogP contribution in [-0.2, 0) is 6.42 Å². The molecule has 2 N–H and O–H groups in total. The molecule has 1 amide bonds. The normalized spacial score (nSPS) is 20.0. The maximum Gasteiger partial charge on any atom is 0.261 e.